The van der Waals surface area contributed by atoms with E-state index in [1.807, 2.05) is 32.0 Å². The van der Waals surface area contributed by atoms with Gasteiger partial charge in [-0.15, -0.1) is 0 Å². The van der Waals surface area contributed by atoms with Gasteiger partial charge in [0, 0.05) is 10.7 Å². The summed E-state index contributed by atoms with van der Waals surface area (Å²) in [6.45, 7) is 5.65. The number of alkyl halides is 4. The Hall–Kier alpha value is -1.49. The molecule has 134 valence electrons. The first-order valence-corrected chi connectivity index (χ1v) is 9.03. The maximum atomic E-state index is 13.9. The zero-order chi connectivity index (χ0) is 18.5. The lowest BCUT2D eigenvalue weighted by Gasteiger charge is -2.23. The average Bonchev–Trinajstić information content (AvgIpc) is 2.86. The van der Waals surface area contributed by atoms with Gasteiger partial charge in [-0.3, -0.25) is 0 Å². The second-order valence-electron chi connectivity index (χ2n) is 6.68. The first-order valence-electron chi connectivity index (χ1n) is 8.12. The number of rotatable bonds is 2. The Morgan fingerprint density at radius 1 is 0.960 bits per heavy atom. The standard InChI is InChI=1S/C20H20BrF3O/c1-10-9-11(2)15-16(12(10)3)17(19(21)18(15)20(22,23)24)13-5-7-14(25-4)8-6-13/h5-9,17-19H,1-4H3/t17-,18+,19+/m0/s1. The highest BCUT2D eigenvalue weighted by Crippen LogP contribution is 2.57. The van der Waals surface area contributed by atoms with Gasteiger partial charge in [-0.1, -0.05) is 34.1 Å². The SMILES string of the molecule is COc1ccc([C@H]2c3c(C)c(C)cc(C)c3[C@@H](C(F)(F)F)[C@@H]2Br)cc1. The number of benzene rings is 2. The largest absolute Gasteiger partial charge is 0.497 e. The molecule has 0 fully saturated rings. The fourth-order valence-electron chi connectivity index (χ4n) is 3.97. The molecule has 0 saturated carbocycles. The highest BCUT2D eigenvalue weighted by atomic mass is 79.9. The molecule has 0 aromatic heterocycles. The summed E-state index contributed by atoms with van der Waals surface area (Å²) in [5.41, 5.74) is 4.78. The topological polar surface area (TPSA) is 9.23 Å². The van der Waals surface area contributed by atoms with E-state index >= 15 is 0 Å². The van der Waals surface area contributed by atoms with Crippen LogP contribution in [0, 0.1) is 20.8 Å². The Labute approximate surface area is 154 Å². The molecule has 0 heterocycles. The van der Waals surface area contributed by atoms with Crippen molar-refractivity contribution in [3.8, 4) is 5.75 Å². The van der Waals surface area contributed by atoms with E-state index in [4.69, 9.17) is 4.74 Å². The first-order chi connectivity index (χ1) is 11.7. The minimum atomic E-state index is -4.30. The van der Waals surface area contributed by atoms with Gasteiger partial charge in [-0.2, -0.15) is 13.2 Å². The molecule has 0 radical (unpaired) electrons. The third-order valence-electron chi connectivity index (χ3n) is 5.23. The molecule has 5 heteroatoms. The molecule has 25 heavy (non-hydrogen) atoms. The molecule has 0 bridgehead atoms. The van der Waals surface area contributed by atoms with Crippen molar-refractivity contribution >= 4 is 15.9 Å². The maximum Gasteiger partial charge on any atom is 0.396 e. The van der Waals surface area contributed by atoms with Crippen molar-refractivity contribution in [1.82, 2.24) is 0 Å². The molecule has 3 rings (SSSR count). The van der Waals surface area contributed by atoms with E-state index in [-0.39, 0.29) is 5.92 Å². The normalized spacial score (nSPS) is 22.8. The van der Waals surface area contributed by atoms with E-state index in [1.54, 1.807) is 26.2 Å². The van der Waals surface area contributed by atoms with E-state index < -0.39 is 16.9 Å². The van der Waals surface area contributed by atoms with E-state index in [2.05, 4.69) is 15.9 Å². The van der Waals surface area contributed by atoms with Gasteiger partial charge in [0.25, 0.3) is 0 Å². The summed E-state index contributed by atoms with van der Waals surface area (Å²) in [6.07, 6.45) is -4.30. The predicted molar refractivity (Wildman–Crippen MR) is 97.0 cm³/mol. The Morgan fingerprint density at radius 3 is 2.08 bits per heavy atom. The van der Waals surface area contributed by atoms with Gasteiger partial charge >= 0.3 is 6.18 Å². The molecular formula is C20H20BrF3O. The van der Waals surface area contributed by atoms with Crippen LogP contribution in [0.25, 0.3) is 0 Å². The van der Waals surface area contributed by atoms with Crippen molar-refractivity contribution in [3.63, 3.8) is 0 Å². The van der Waals surface area contributed by atoms with Gasteiger partial charge < -0.3 is 4.74 Å². The number of fused-ring (bicyclic) bond motifs is 1. The van der Waals surface area contributed by atoms with Crippen molar-refractivity contribution in [3.05, 3.63) is 63.7 Å². The molecule has 3 atom stereocenters. The molecule has 1 aliphatic carbocycles. The van der Waals surface area contributed by atoms with Crippen molar-refractivity contribution in [2.45, 2.75) is 43.6 Å². The van der Waals surface area contributed by atoms with Crippen molar-refractivity contribution < 1.29 is 17.9 Å². The van der Waals surface area contributed by atoms with E-state index in [0.29, 0.717) is 16.9 Å². The summed E-state index contributed by atoms with van der Waals surface area (Å²) in [5, 5.41) is 0. The summed E-state index contributed by atoms with van der Waals surface area (Å²) < 4.78 is 46.8. The molecule has 0 saturated heterocycles. The van der Waals surface area contributed by atoms with Crippen LogP contribution in [0.2, 0.25) is 0 Å². The van der Waals surface area contributed by atoms with E-state index in [9.17, 15) is 13.2 Å². The monoisotopic (exact) mass is 412 g/mol. The van der Waals surface area contributed by atoms with Crippen LogP contribution in [0.5, 0.6) is 5.75 Å². The van der Waals surface area contributed by atoms with Gasteiger partial charge in [-0.25, -0.2) is 0 Å². The molecule has 0 unspecified atom stereocenters. The second kappa shape index (κ2) is 6.35. The lowest BCUT2D eigenvalue weighted by molar-refractivity contribution is -0.148. The van der Waals surface area contributed by atoms with E-state index in [0.717, 1.165) is 22.3 Å². The van der Waals surface area contributed by atoms with Crippen molar-refractivity contribution in [2.75, 3.05) is 7.11 Å². The Balaban J connectivity index is 2.25. The van der Waals surface area contributed by atoms with Crippen molar-refractivity contribution in [1.29, 1.82) is 0 Å². The lowest BCUT2D eigenvalue weighted by Crippen LogP contribution is -2.27. The van der Waals surface area contributed by atoms with Gasteiger partial charge in [0.1, 0.15) is 5.75 Å². The summed E-state index contributed by atoms with van der Waals surface area (Å²) in [6, 6.07) is 9.18. The number of methoxy groups -OCH3 is 1. The van der Waals surface area contributed by atoms with Crippen LogP contribution in [-0.4, -0.2) is 18.1 Å². The maximum absolute atomic E-state index is 13.9. The Kier molecular flexibility index (Phi) is 4.65. The van der Waals surface area contributed by atoms with Crippen molar-refractivity contribution in [2.24, 2.45) is 0 Å². The van der Waals surface area contributed by atoms with Gasteiger partial charge in [0.2, 0.25) is 0 Å². The number of hydrogen-bond donors (Lipinski definition) is 0. The average molecular weight is 413 g/mol. The molecule has 1 nitrogen and oxygen atoms in total. The van der Waals surface area contributed by atoms with Crippen LogP contribution in [0.3, 0.4) is 0 Å². The third kappa shape index (κ3) is 2.97. The fraction of sp³-hybridized carbons (Fsp3) is 0.400. The zero-order valence-corrected chi connectivity index (χ0v) is 16.1. The number of aryl methyl sites for hydroxylation is 2. The summed E-state index contributed by atoms with van der Waals surface area (Å²) in [4.78, 5) is -0.727. The van der Waals surface area contributed by atoms with Crippen LogP contribution in [0.1, 0.15) is 45.2 Å². The van der Waals surface area contributed by atoms with E-state index in [1.165, 1.54) is 0 Å². The predicted octanol–water partition coefficient (Wildman–Crippen LogP) is 6.18. The van der Waals surface area contributed by atoms with Gasteiger partial charge in [-0.05, 0) is 66.3 Å². The van der Waals surface area contributed by atoms with Crippen LogP contribution >= 0.6 is 15.9 Å². The molecule has 1 aliphatic rings. The molecule has 0 spiro atoms. The van der Waals surface area contributed by atoms with Crippen LogP contribution in [0.15, 0.2) is 30.3 Å². The molecule has 0 aliphatic heterocycles. The first kappa shape index (κ1) is 18.3. The zero-order valence-electron chi connectivity index (χ0n) is 14.5. The minimum Gasteiger partial charge on any atom is -0.497 e. The summed E-state index contributed by atoms with van der Waals surface area (Å²) >= 11 is 3.40. The molecule has 0 amide bonds. The Morgan fingerprint density at radius 2 is 1.56 bits per heavy atom. The summed E-state index contributed by atoms with van der Waals surface area (Å²) in [5.74, 6) is -1.15. The third-order valence-corrected chi connectivity index (χ3v) is 6.29. The van der Waals surface area contributed by atoms with Crippen LogP contribution < -0.4 is 4.74 Å². The molecule has 2 aromatic carbocycles. The molecule has 2 aromatic rings. The van der Waals surface area contributed by atoms with Crippen LogP contribution in [0.4, 0.5) is 13.2 Å². The smallest absolute Gasteiger partial charge is 0.396 e. The highest BCUT2D eigenvalue weighted by molar-refractivity contribution is 9.09. The fourth-order valence-corrected chi connectivity index (χ4v) is 5.10. The number of hydrogen-bond acceptors (Lipinski definition) is 1. The lowest BCUT2D eigenvalue weighted by atomic mass is 9.87. The summed E-state index contributed by atoms with van der Waals surface area (Å²) in [7, 11) is 1.57. The quantitative estimate of drug-likeness (QED) is 0.535. The molecular weight excluding hydrogens is 393 g/mol. The second-order valence-corrected chi connectivity index (χ2v) is 7.73. The highest BCUT2D eigenvalue weighted by Gasteiger charge is 2.54. The number of ether oxygens (including phenoxy) is 1. The van der Waals surface area contributed by atoms with Gasteiger partial charge in [0.15, 0.2) is 0 Å². The van der Waals surface area contributed by atoms with Gasteiger partial charge in [0.05, 0.1) is 13.0 Å². The molecule has 0 N–H and O–H groups in total. The minimum absolute atomic E-state index is 0.342. The number of halogens is 4. The van der Waals surface area contributed by atoms with Crippen LogP contribution in [-0.2, 0) is 0 Å². The Bertz CT molecular complexity index is 796.